The van der Waals surface area contributed by atoms with Gasteiger partial charge in [0.15, 0.2) is 8.32 Å². The fraction of sp³-hybridized carbons (Fsp3) is 0.552. The zero-order chi connectivity index (χ0) is 26.6. The lowest BCUT2D eigenvalue weighted by molar-refractivity contribution is -0.295. The van der Waals surface area contributed by atoms with Gasteiger partial charge >= 0.3 is 0 Å². The molecule has 0 aliphatic carbocycles. The predicted octanol–water partition coefficient (Wildman–Crippen LogP) is 5.97. The first-order valence-electron chi connectivity index (χ1n) is 12.7. The van der Waals surface area contributed by atoms with Gasteiger partial charge in [0, 0.05) is 27.4 Å². The summed E-state index contributed by atoms with van der Waals surface area (Å²) in [5, 5.41) is 0.108. The van der Waals surface area contributed by atoms with Crippen molar-refractivity contribution in [1.29, 1.82) is 0 Å². The number of nitrogens with zero attached hydrogens (tertiary/aromatic N) is 1. The van der Waals surface area contributed by atoms with E-state index in [1.807, 2.05) is 42.5 Å². The molecule has 1 aliphatic rings. The van der Waals surface area contributed by atoms with Gasteiger partial charge in [0.25, 0.3) is 5.91 Å². The van der Waals surface area contributed by atoms with E-state index in [0.717, 1.165) is 5.56 Å². The Morgan fingerprint density at radius 2 is 1.56 bits per heavy atom. The first-order valence-corrected chi connectivity index (χ1v) is 15.6. The van der Waals surface area contributed by atoms with E-state index in [0.29, 0.717) is 43.7 Å². The maximum atomic E-state index is 14.4. The van der Waals surface area contributed by atoms with Crippen molar-refractivity contribution in [2.75, 3.05) is 34.5 Å². The first kappa shape index (κ1) is 28.4. The molecule has 0 radical (unpaired) electrons. The number of likely N-dealkylation sites (tertiary alicyclic amines) is 1. The normalized spacial score (nSPS) is 19.1. The molecule has 1 fully saturated rings. The summed E-state index contributed by atoms with van der Waals surface area (Å²) in [6.45, 7) is 12.3. The van der Waals surface area contributed by atoms with E-state index in [1.54, 1.807) is 26.2 Å². The summed E-state index contributed by atoms with van der Waals surface area (Å²) in [6.07, 6.45) is 1.96. The minimum Gasteiger partial charge on any atom is -0.496 e. The third kappa shape index (κ3) is 5.39. The van der Waals surface area contributed by atoms with Gasteiger partial charge in [-0.1, -0.05) is 63.2 Å². The second-order valence-electron chi connectivity index (χ2n) is 11.2. The fourth-order valence-electron chi connectivity index (χ4n) is 4.87. The summed E-state index contributed by atoms with van der Waals surface area (Å²) < 4.78 is 24.2. The van der Waals surface area contributed by atoms with Crippen LogP contribution in [0.4, 0.5) is 0 Å². The molecule has 1 saturated heterocycles. The molecule has 1 heterocycles. The molecule has 0 saturated carbocycles. The smallest absolute Gasteiger partial charge is 0.285 e. The van der Waals surface area contributed by atoms with Gasteiger partial charge in [0.2, 0.25) is 5.91 Å². The van der Waals surface area contributed by atoms with E-state index < -0.39 is 19.6 Å². The van der Waals surface area contributed by atoms with Gasteiger partial charge in [0.1, 0.15) is 5.75 Å². The molecule has 1 aliphatic heterocycles. The number of carbonyl (C=O) groups excluding carboxylic acids is 1. The highest BCUT2D eigenvalue weighted by molar-refractivity contribution is 6.74. The SMILES string of the molecule is COc1ccccc1C(OC)(OC)N1CCC(CCO[Si](C)(C)C(C)(C)C)(Cc2ccccc2)C1=O. The number of hydrogen-bond acceptors (Lipinski definition) is 5. The summed E-state index contributed by atoms with van der Waals surface area (Å²) in [7, 11) is 2.80. The molecule has 6 nitrogen and oxygen atoms in total. The monoisotopic (exact) mass is 513 g/mol. The van der Waals surface area contributed by atoms with E-state index in [9.17, 15) is 4.79 Å². The van der Waals surface area contributed by atoms with Crippen molar-refractivity contribution in [3.05, 3.63) is 65.7 Å². The van der Waals surface area contributed by atoms with Crippen molar-refractivity contribution in [2.45, 2.75) is 64.1 Å². The number of para-hydroxylation sites is 1. The zero-order valence-electron chi connectivity index (χ0n) is 23.2. The van der Waals surface area contributed by atoms with Gasteiger partial charge in [-0.05, 0) is 55.1 Å². The molecule has 1 unspecified atom stereocenters. The molecule has 7 heteroatoms. The topological polar surface area (TPSA) is 57.2 Å². The number of carbonyl (C=O) groups is 1. The summed E-state index contributed by atoms with van der Waals surface area (Å²) in [4.78, 5) is 16.1. The van der Waals surface area contributed by atoms with Crippen LogP contribution in [0.5, 0.6) is 5.75 Å². The third-order valence-electron chi connectivity index (χ3n) is 8.10. The second-order valence-corrected chi connectivity index (χ2v) is 16.0. The summed E-state index contributed by atoms with van der Waals surface area (Å²) in [5.74, 6) is -0.766. The Balaban J connectivity index is 1.98. The largest absolute Gasteiger partial charge is 0.496 e. The number of ether oxygens (including phenoxy) is 3. The molecule has 1 amide bonds. The van der Waals surface area contributed by atoms with Crippen LogP contribution in [-0.2, 0) is 31.0 Å². The maximum Gasteiger partial charge on any atom is 0.285 e. The molecule has 3 rings (SSSR count). The second kappa shape index (κ2) is 11.0. The Morgan fingerprint density at radius 3 is 2.14 bits per heavy atom. The number of benzene rings is 2. The van der Waals surface area contributed by atoms with E-state index in [4.69, 9.17) is 18.6 Å². The van der Waals surface area contributed by atoms with Crippen molar-refractivity contribution in [3.8, 4) is 5.75 Å². The fourth-order valence-corrected chi connectivity index (χ4v) is 5.91. The molecule has 0 aromatic heterocycles. The van der Waals surface area contributed by atoms with Crippen LogP contribution in [0.25, 0.3) is 0 Å². The summed E-state index contributed by atoms with van der Waals surface area (Å²) >= 11 is 0. The molecule has 1 atom stereocenters. The number of methoxy groups -OCH3 is 3. The van der Waals surface area contributed by atoms with Crippen molar-refractivity contribution in [2.24, 2.45) is 5.41 Å². The molecule has 2 aromatic carbocycles. The van der Waals surface area contributed by atoms with Crippen LogP contribution >= 0.6 is 0 Å². The Hall–Kier alpha value is -2.19. The molecular formula is C29H43NO5Si. The van der Waals surface area contributed by atoms with E-state index in [2.05, 4.69) is 46.0 Å². The minimum absolute atomic E-state index is 0.0137. The summed E-state index contributed by atoms with van der Waals surface area (Å²) in [5.41, 5.74) is 1.19. The maximum absolute atomic E-state index is 14.4. The van der Waals surface area contributed by atoms with Gasteiger partial charge in [-0.2, -0.15) is 0 Å². The van der Waals surface area contributed by atoms with Gasteiger partial charge in [0.05, 0.1) is 18.1 Å². The minimum atomic E-state index is -1.95. The van der Waals surface area contributed by atoms with Crippen LogP contribution in [0, 0.1) is 5.41 Å². The lowest BCUT2D eigenvalue weighted by atomic mass is 9.77. The Kier molecular flexibility index (Phi) is 8.71. The lowest BCUT2D eigenvalue weighted by Crippen LogP contribution is -2.52. The van der Waals surface area contributed by atoms with Gasteiger partial charge in [-0.25, -0.2) is 0 Å². The zero-order valence-corrected chi connectivity index (χ0v) is 24.2. The van der Waals surface area contributed by atoms with E-state index in [1.165, 1.54) is 0 Å². The lowest BCUT2D eigenvalue weighted by Gasteiger charge is -2.41. The average Bonchev–Trinajstić information content (AvgIpc) is 3.16. The molecule has 36 heavy (non-hydrogen) atoms. The number of rotatable bonds is 11. The van der Waals surface area contributed by atoms with Crippen molar-refractivity contribution in [3.63, 3.8) is 0 Å². The quantitative estimate of drug-likeness (QED) is 0.274. The van der Waals surface area contributed by atoms with Crippen LogP contribution < -0.4 is 4.74 Å². The van der Waals surface area contributed by atoms with Crippen LogP contribution in [0.3, 0.4) is 0 Å². The molecular weight excluding hydrogens is 470 g/mol. The van der Waals surface area contributed by atoms with E-state index >= 15 is 0 Å². The Labute approximate surface area is 218 Å². The average molecular weight is 514 g/mol. The van der Waals surface area contributed by atoms with Crippen molar-refractivity contribution in [1.82, 2.24) is 4.90 Å². The van der Waals surface area contributed by atoms with Crippen LogP contribution in [0.2, 0.25) is 18.1 Å². The Bertz CT molecular complexity index is 1020. The van der Waals surface area contributed by atoms with Gasteiger partial charge < -0.3 is 18.6 Å². The highest BCUT2D eigenvalue weighted by Crippen LogP contribution is 2.47. The van der Waals surface area contributed by atoms with Gasteiger partial charge in [-0.15, -0.1) is 0 Å². The number of amides is 1. The highest BCUT2D eigenvalue weighted by atomic mass is 28.4. The molecule has 0 spiro atoms. The third-order valence-corrected chi connectivity index (χ3v) is 12.6. The standard InChI is InChI=1S/C29H43NO5Si/c1-27(2,3)36(7,8)35-21-19-28(22-23-14-10-9-11-15-23)18-20-30(26(28)31)29(33-5,34-6)24-16-12-13-17-25(24)32-4/h9-17H,18-22H2,1-8H3. The van der Waals surface area contributed by atoms with Crippen LogP contribution in [0.1, 0.15) is 44.7 Å². The predicted molar refractivity (Wildman–Crippen MR) is 145 cm³/mol. The Morgan fingerprint density at radius 1 is 0.944 bits per heavy atom. The van der Waals surface area contributed by atoms with Crippen LogP contribution in [0.15, 0.2) is 54.6 Å². The van der Waals surface area contributed by atoms with E-state index in [-0.39, 0.29) is 10.9 Å². The van der Waals surface area contributed by atoms with Crippen molar-refractivity contribution >= 4 is 14.2 Å². The molecule has 0 bridgehead atoms. The molecule has 2 aromatic rings. The van der Waals surface area contributed by atoms with Crippen LogP contribution in [-0.4, -0.2) is 53.6 Å². The number of hydrogen-bond donors (Lipinski definition) is 0. The summed E-state index contributed by atoms with van der Waals surface area (Å²) in [6, 6.07) is 17.8. The van der Waals surface area contributed by atoms with Gasteiger partial charge in [-0.3, -0.25) is 9.69 Å². The first-order chi connectivity index (χ1) is 17.0. The molecule has 198 valence electrons. The highest BCUT2D eigenvalue weighted by Gasteiger charge is 2.55. The van der Waals surface area contributed by atoms with Crippen molar-refractivity contribution < 1.29 is 23.4 Å². The molecule has 0 N–H and O–H groups in total.